The predicted octanol–water partition coefficient (Wildman–Crippen LogP) is 6.20. The molecule has 28 heavy (non-hydrogen) atoms. The summed E-state index contributed by atoms with van der Waals surface area (Å²) >= 11 is 0. The summed E-state index contributed by atoms with van der Waals surface area (Å²) in [6.45, 7) is 7.41. The van der Waals surface area contributed by atoms with Crippen molar-refractivity contribution >= 4 is 22.1 Å². The molecular weight excluding hydrogens is 344 g/mol. The van der Waals surface area contributed by atoms with Crippen molar-refractivity contribution < 1.29 is 14.5 Å². The van der Waals surface area contributed by atoms with Gasteiger partial charge >= 0.3 is 0 Å². The van der Waals surface area contributed by atoms with Crippen LogP contribution < -0.4 is 4.57 Å². The summed E-state index contributed by atoms with van der Waals surface area (Å²) in [6.07, 6.45) is 1.73. The van der Waals surface area contributed by atoms with Crippen molar-refractivity contribution in [3.63, 3.8) is 0 Å². The SMILES string of the molecule is [2H]C([2H])([2H])C([2H])(C)c1ccc(-c2c(C)ccc3c2oc2nc(C(C)(C)C)ccc23)[n+](C)c1. The summed E-state index contributed by atoms with van der Waals surface area (Å²) in [4.78, 5) is 4.78. The largest absolute Gasteiger partial charge is 0.437 e. The molecule has 0 amide bonds. The Morgan fingerprint density at radius 2 is 1.86 bits per heavy atom. The van der Waals surface area contributed by atoms with Gasteiger partial charge in [0.1, 0.15) is 7.05 Å². The number of aryl methyl sites for hydroxylation is 2. The molecule has 1 aromatic carbocycles. The zero-order valence-corrected chi connectivity index (χ0v) is 17.3. The highest BCUT2D eigenvalue weighted by molar-refractivity contribution is 6.08. The van der Waals surface area contributed by atoms with E-state index in [9.17, 15) is 0 Å². The van der Waals surface area contributed by atoms with Crippen molar-refractivity contribution in [2.75, 3.05) is 0 Å². The Labute approximate surface area is 172 Å². The molecule has 0 saturated heterocycles. The van der Waals surface area contributed by atoms with Gasteiger partial charge in [-0.15, -0.1) is 0 Å². The number of hydrogen-bond donors (Lipinski definition) is 0. The van der Waals surface area contributed by atoms with Crippen LogP contribution in [0, 0.1) is 6.92 Å². The maximum Gasteiger partial charge on any atom is 0.227 e. The first-order valence-corrected chi connectivity index (χ1v) is 9.56. The first kappa shape index (κ1) is 14.3. The number of hydrogen-bond acceptors (Lipinski definition) is 2. The molecule has 0 saturated carbocycles. The summed E-state index contributed by atoms with van der Waals surface area (Å²) in [5, 5.41) is 1.96. The predicted molar refractivity (Wildman–Crippen MR) is 116 cm³/mol. The third-order valence-corrected chi connectivity index (χ3v) is 5.31. The number of fused-ring (bicyclic) bond motifs is 3. The van der Waals surface area contributed by atoms with E-state index >= 15 is 0 Å². The minimum absolute atomic E-state index is 0.0835. The highest BCUT2D eigenvalue weighted by Gasteiger charge is 2.23. The van der Waals surface area contributed by atoms with Gasteiger partial charge in [-0.1, -0.05) is 46.7 Å². The van der Waals surface area contributed by atoms with Gasteiger partial charge in [0.25, 0.3) is 0 Å². The molecule has 0 aliphatic carbocycles. The fourth-order valence-electron chi connectivity index (χ4n) is 3.64. The number of pyridine rings is 2. The van der Waals surface area contributed by atoms with E-state index in [-0.39, 0.29) is 5.41 Å². The topological polar surface area (TPSA) is 29.9 Å². The number of benzene rings is 1. The number of nitrogens with zero attached hydrogens (tertiary/aromatic N) is 2. The Bertz CT molecular complexity index is 1340. The van der Waals surface area contributed by atoms with Gasteiger partial charge in [-0.25, -0.2) is 9.55 Å². The summed E-state index contributed by atoms with van der Waals surface area (Å²) in [7, 11) is 1.87. The molecule has 0 radical (unpaired) electrons. The fraction of sp³-hybridized carbons (Fsp3) is 0.360. The molecule has 4 aromatic rings. The van der Waals surface area contributed by atoms with Crippen molar-refractivity contribution in [2.24, 2.45) is 7.05 Å². The van der Waals surface area contributed by atoms with Crippen molar-refractivity contribution in [1.82, 2.24) is 4.98 Å². The molecule has 3 heteroatoms. The van der Waals surface area contributed by atoms with E-state index in [1.165, 1.54) is 6.92 Å². The molecule has 0 fully saturated rings. The second-order valence-electron chi connectivity index (χ2n) is 8.57. The van der Waals surface area contributed by atoms with Gasteiger partial charge in [0.05, 0.1) is 5.56 Å². The third kappa shape index (κ3) is 2.99. The van der Waals surface area contributed by atoms with E-state index in [2.05, 4.69) is 45.0 Å². The minimum Gasteiger partial charge on any atom is -0.437 e. The Kier molecular flexibility index (Phi) is 3.30. The molecule has 3 nitrogen and oxygen atoms in total. The zero-order valence-electron chi connectivity index (χ0n) is 21.3. The quantitative estimate of drug-likeness (QED) is 0.389. The normalized spacial score (nSPS) is 17.1. The van der Waals surface area contributed by atoms with Crippen molar-refractivity contribution in [2.45, 2.75) is 52.8 Å². The van der Waals surface area contributed by atoms with Crippen LogP contribution in [-0.4, -0.2) is 4.98 Å². The molecule has 1 atom stereocenters. The summed E-state index contributed by atoms with van der Waals surface area (Å²) in [5.74, 6) is -1.70. The van der Waals surface area contributed by atoms with Crippen LogP contribution in [0.4, 0.5) is 0 Å². The highest BCUT2D eigenvalue weighted by atomic mass is 16.3. The van der Waals surface area contributed by atoms with Crippen LogP contribution in [0.3, 0.4) is 0 Å². The van der Waals surface area contributed by atoms with Crippen LogP contribution in [0.2, 0.25) is 0 Å². The standard InChI is InChI=1S/C25H29N2O/c1-15(2)17-9-12-20(27(7)14-17)22-16(3)8-10-18-19-11-13-21(25(4,5)6)26-24(19)28-23(18)22/h8-15H,1-7H3/q+1/i1D3,15D. The van der Waals surface area contributed by atoms with Crippen molar-refractivity contribution in [3.8, 4) is 11.3 Å². The van der Waals surface area contributed by atoms with Crippen LogP contribution >= 0.6 is 0 Å². The van der Waals surface area contributed by atoms with Gasteiger partial charge in [-0.3, -0.25) is 0 Å². The number of furan rings is 1. The van der Waals surface area contributed by atoms with Gasteiger partial charge in [-0.05, 0) is 36.6 Å². The monoisotopic (exact) mass is 377 g/mol. The first-order chi connectivity index (χ1) is 14.7. The fourth-order valence-corrected chi connectivity index (χ4v) is 3.64. The molecule has 3 aromatic heterocycles. The molecule has 0 N–H and O–H groups in total. The molecular formula is C25H29N2O+. The molecule has 144 valence electrons. The Hall–Kier alpha value is -2.68. The molecule has 4 rings (SSSR count). The number of rotatable bonds is 2. The second-order valence-corrected chi connectivity index (χ2v) is 8.57. The van der Waals surface area contributed by atoms with E-state index < -0.39 is 12.7 Å². The lowest BCUT2D eigenvalue weighted by Gasteiger charge is -2.16. The Morgan fingerprint density at radius 1 is 1.11 bits per heavy atom. The van der Waals surface area contributed by atoms with Gasteiger partial charge in [0.15, 0.2) is 11.8 Å². The maximum atomic E-state index is 8.40. The van der Waals surface area contributed by atoms with Gasteiger partial charge in [-0.2, -0.15) is 0 Å². The Balaban J connectivity index is 1.94. The van der Waals surface area contributed by atoms with Crippen LogP contribution in [0.15, 0.2) is 47.0 Å². The van der Waals surface area contributed by atoms with E-state index in [1.807, 2.05) is 24.6 Å². The second kappa shape index (κ2) is 6.44. The van der Waals surface area contributed by atoms with E-state index in [0.29, 0.717) is 11.3 Å². The van der Waals surface area contributed by atoms with E-state index in [0.717, 1.165) is 38.9 Å². The smallest absolute Gasteiger partial charge is 0.227 e. The van der Waals surface area contributed by atoms with E-state index in [1.54, 1.807) is 12.3 Å². The van der Waals surface area contributed by atoms with Crippen LogP contribution in [0.25, 0.3) is 33.3 Å². The highest BCUT2D eigenvalue weighted by Crippen LogP contribution is 2.37. The van der Waals surface area contributed by atoms with Crippen LogP contribution in [0.1, 0.15) is 62.7 Å². The lowest BCUT2D eigenvalue weighted by atomic mass is 9.91. The molecule has 1 unspecified atom stereocenters. The third-order valence-electron chi connectivity index (χ3n) is 5.31. The molecule has 0 aliphatic heterocycles. The average molecular weight is 378 g/mol. The van der Waals surface area contributed by atoms with Crippen molar-refractivity contribution in [1.29, 1.82) is 0 Å². The minimum atomic E-state index is -2.42. The summed E-state index contributed by atoms with van der Waals surface area (Å²) in [5.41, 5.74) is 5.55. The molecule has 0 spiro atoms. The van der Waals surface area contributed by atoms with Crippen molar-refractivity contribution in [3.05, 3.63) is 59.4 Å². The molecule has 0 bridgehead atoms. The molecule has 0 aliphatic rings. The summed E-state index contributed by atoms with van der Waals surface area (Å²) < 4.78 is 39.8. The lowest BCUT2D eigenvalue weighted by molar-refractivity contribution is -0.660. The van der Waals surface area contributed by atoms with Gasteiger partial charge < -0.3 is 4.42 Å². The van der Waals surface area contributed by atoms with Crippen LogP contribution in [0.5, 0.6) is 0 Å². The van der Waals surface area contributed by atoms with E-state index in [4.69, 9.17) is 14.9 Å². The Morgan fingerprint density at radius 3 is 2.54 bits per heavy atom. The summed E-state index contributed by atoms with van der Waals surface area (Å²) in [6, 6.07) is 11.8. The van der Waals surface area contributed by atoms with Crippen LogP contribution in [-0.2, 0) is 12.5 Å². The first-order valence-electron chi connectivity index (χ1n) is 11.6. The van der Waals surface area contributed by atoms with Gasteiger partial charge in [0.2, 0.25) is 11.4 Å². The lowest BCUT2D eigenvalue weighted by Crippen LogP contribution is -2.31. The maximum absolute atomic E-state index is 8.40. The number of aromatic nitrogens is 2. The molecule has 3 heterocycles. The average Bonchev–Trinajstić information content (AvgIpc) is 3.04. The zero-order chi connectivity index (χ0) is 23.6. The van der Waals surface area contributed by atoms with Gasteiger partial charge in [0, 0.05) is 39.0 Å².